The fraction of sp³-hybridized carbons (Fsp3) is 0.867. The largest absolute Gasteiger partial charge is 0.466 e. The molecule has 6 heteroatoms. The number of hydrogen-bond donors (Lipinski definition) is 3. The number of hydrogen-bond acceptors (Lipinski definition) is 5. The van der Waals surface area contributed by atoms with Crippen molar-refractivity contribution in [3.8, 4) is 0 Å². The summed E-state index contributed by atoms with van der Waals surface area (Å²) in [5.74, 6) is -0.0561. The number of rotatable bonds is 54. The third-order valence-electron chi connectivity index (χ3n) is 13.4. The number of amides is 1. The molecule has 0 heterocycles. The molecular formula is C60H113NO5. The second-order valence-electron chi connectivity index (χ2n) is 20.0. The fourth-order valence-electron chi connectivity index (χ4n) is 8.90. The van der Waals surface area contributed by atoms with Crippen LogP contribution in [0.15, 0.2) is 36.5 Å². The lowest BCUT2D eigenvalue weighted by Gasteiger charge is -2.22. The molecule has 0 bridgehead atoms. The van der Waals surface area contributed by atoms with E-state index in [1.54, 1.807) is 0 Å². The predicted molar refractivity (Wildman–Crippen MR) is 287 cm³/mol. The van der Waals surface area contributed by atoms with Crippen molar-refractivity contribution in [3.05, 3.63) is 36.5 Å². The second kappa shape index (κ2) is 55.7. The standard InChI is InChI=1S/C60H113NO5/c1-3-5-7-9-11-13-15-17-19-21-26-30-34-38-42-46-50-54-60(65)66-55-51-47-43-39-35-31-27-23-20-22-25-29-33-37-41-45-49-53-59(64)61-57(56-62)58(63)52-48-44-40-36-32-28-24-18-16-14-12-10-8-6-4-2/h11,13,17,19-20,23,57-58,62-63H,3-10,12,14-16,18,21-22,24-56H2,1-2H3,(H,61,64)/b13-11-,19-17-,23-20-. The second-order valence-corrected chi connectivity index (χ2v) is 20.0. The Morgan fingerprint density at radius 2 is 0.758 bits per heavy atom. The minimum Gasteiger partial charge on any atom is -0.466 e. The van der Waals surface area contributed by atoms with Gasteiger partial charge in [0.2, 0.25) is 5.91 Å². The summed E-state index contributed by atoms with van der Waals surface area (Å²) < 4.78 is 5.47. The predicted octanol–water partition coefficient (Wildman–Crippen LogP) is 18.0. The van der Waals surface area contributed by atoms with Crippen molar-refractivity contribution in [2.75, 3.05) is 13.2 Å². The fourth-order valence-corrected chi connectivity index (χ4v) is 8.90. The summed E-state index contributed by atoms with van der Waals surface area (Å²) in [6, 6.07) is -0.551. The third kappa shape index (κ3) is 51.5. The summed E-state index contributed by atoms with van der Waals surface area (Å²) in [5, 5.41) is 23.3. The Morgan fingerprint density at radius 1 is 0.424 bits per heavy atom. The van der Waals surface area contributed by atoms with Crippen LogP contribution in [0.5, 0.6) is 0 Å². The molecule has 0 aromatic rings. The van der Waals surface area contributed by atoms with Crippen molar-refractivity contribution in [2.24, 2.45) is 0 Å². The van der Waals surface area contributed by atoms with Crippen molar-refractivity contribution in [1.29, 1.82) is 0 Å². The highest BCUT2D eigenvalue weighted by molar-refractivity contribution is 5.76. The Labute approximate surface area is 411 Å². The van der Waals surface area contributed by atoms with Gasteiger partial charge in [-0.3, -0.25) is 9.59 Å². The highest BCUT2D eigenvalue weighted by Crippen LogP contribution is 2.17. The van der Waals surface area contributed by atoms with Gasteiger partial charge in [0, 0.05) is 12.8 Å². The monoisotopic (exact) mass is 928 g/mol. The van der Waals surface area contributed by atoms with Gasteiger partial charge >= 0.3 is 5.97 Å². The molecule has 0 aliphatic carbocycles. The van der Waals surface area contributed by atoms with E-state index in [2.05, 4.69) is 55.6 Å². The van der Waals surface area contributed by atoms with Crippen LogP contribution in [0.1, 0.15) is 309 Å². The van der Waals surface area contributed by atoms with Crippen molar-refractivity contribution in [1.82, 2.24) is 5.32 Å². The van der Waals surface area contributed by atoms with Gasteiger partial charge < -0.3 is 20.3 Å². The van der Waals surface area contributed by atoms with Gasteiger partial charge in [0.25, 0.3) is 0 Å². The van der Waals surface area contributed by atoms with Crippen molar-refractivity contribution in [3.63, 3.8) is 0 Å². The first kappa shape index (κ1) is 64.1. The number of nitrogens with one attached hydrogen (secondary N) is 1. The number of unbranched alkanes of at least 4 members (excludes halogenated alkanes) is 37. The zero-order chi connectivity index (χ0) is 47.9. The average molecular weight is 929 g/mol. The lowest BCUT2D eigenvalue weighted by Crippen LogP contribution is -2.45. The number of aliphatic hydroxyl groups excluding tert-OH is 2. The molecule has 66 heavy (non-hydrogen) atoms. The van der Waals surface area contributed by atoms with Crippen molar-refractivity contribution in [2.45, 2.75) is 321 Å². The van der Waals surface area contributed by atoms with Gasteiger partial charge in [-0.25, -0.2) is 0 Å². The van der Waals surface area contributed by atoms with Crippen LogP contribution >= 0.6 is 0 Å². The highest BCUT2D eigenvalue weighted by Gasteiger charge is 2.20. The van der Waals surface area contributed by atoms with E-state index in [1.807, 2.05) is 0 Å². The van der Waals surface area contributed by atoms with Gasteiger partial charge in [0.1, 0.15) is 0 Å². The first-order valence-corrected chi connectivity index (χ1v) is 29.2. The Hall–Kier alpha value is -1.92. The van der Waals surface area contributed by atoms with Crippen LogP contribution in [0.4, 0.5) is 0 Å². The molecule has 388 valence electrons. The number of esters is 1. The quantitative estimate of drug-likeness (QED) is 0.0321. The van der Waals surface area contributed by atoms with Gasteiger partial charge in [0.05, 0.1) is 25.4 Å². The number of ether oxygens (including phenoxy) is 1. The summed E-state index contributed by atoms with van der Waals surface area (Å²) in [5.41, 5.74) is 0. The van der Waals surface area contributed by atoms with Gasteiger partial charge in [-0.2, -0.15) is 0 Å². The van der Waals surface area contributed by atoms with Crippen molar-refractivity contribution < 1.29 is 24.5 Å². The van der Waals surface area contributed by atoms with Crippen LogP contribution < -0.4 is 5.32 Å². The summed E-state index contributed by atoms with van der Waals surface area (Å²) in [7, 11) is 0. The van der Waals surface area contributed by atoms with E-state index in [1.165, 1.54) is 212 Å². The molecule has 0 aliphatic heterocycles. The lowest BCUT2D eigenvalue weighted by atomic mass is 10.0. The SMILES string of the molecule is CCCCC/C=C\C/C=C\CCCCCCCCCC(=O)OCCCCCCCC/C=C\CCCCCCCCCC(=O)NC(CO)C(O)CCCCCCCCCCCCCCCCC. The molecule has 0 rings (SSSR count). The molecule has 0 aromatic carbocycles. The first-order chi connectivity index (χ1) is 32.5. The summed E-state index contributed by atoms with van der Waals surface area (Å²) in [6.07, 6.45) is 68.4. The Morgan fingerprint density at radius 3 is 1.20 bits per heavy atom. The summed E-state index contributed by atoms with van der Waals surface area (Å²) >= 11 is 0. The molecule has 0 fully saturated rings. The molecule has 0 spiro atoms. The Balaban J connectivity index is 3.45. The normalized spacial score (nSPS) is 12.8. The molecule has 3 N–H and O–H groups in total. The molecule has 0 saturated heterocycles. The maximum absolute atomic E-state index is 12.5. The Kier molecular flexibility index (Phi) is 54.1. The van der Waals surface area contributed by atoms with E-state index in [9.17, 15) is 19.8 Å². The van der Waals surface area contributed by atoms with E-state index < -0.39 is 12.1 Å². The zero-order valence-electron chi connectivity index (χ0n) is 44.2. The van der Waals surface area contributed by atoms with Crippen LogP contribution in [0, 0.1) is 0 Å². The Bertz CT molecular complexity index is 1070. The molecule has 2 atom stereocenters. The maximum atomic E-state index is 12.5. The molecule has 1 amide bonds. The van der Waals surface area contributed by atoms with Gasteiger partial charge in [-0.1, -0.05) is 249 Å². The molecule has 0 saturated carbocycles. The van der Waals surface area contributed by atoms with Crippen LogP contribution in [-0.2, 0) is 14.3 Å². The summed E-state index contributed by atoms with van der Waals surface area (Å²) in [4.78, 5) is 24.5. The minimum atomic E-state index is -0.672. The maximum Gasteiger partial charge on any atom is 0.305 e. The smallest absolute Gasteiger partial charge is 0.305 e. The average Bonchev–Trinajstić information content (AvgIpc) is 3.32. The van der Waals surface area contributed by atoms with Crippen LogP contribution in [0.3, 0.4) is 0 Å². The van der Waals surface area contributed by atoms with Gasteiger partial charge in [-0.15, -0.1) is 0 Å². The van der Waals surface area contributed by atoms with Gasteiger partial charge in [0.15, 0.2) is 0 Å². The van der Waals surface area contributed by atoms with Crippen molar-refractivity contribution >= 4 is 11.9 Å². The van der Waals surface area contributed by atoms with Crippen LogP contribution in [-0.4, -0.2) is 47.4 Å². The number of allylic oxidation sites excluding steroid dienone is 6. The van der Waals surface area contributed by atoms with Crippen LogP contribution in [0.25, 0.3) is 0 Å². The lowest BCUT2D eigenvalue weighted by molar-refractivity contribution is -0.143. The molecule has 6 nitrogen and oxygen atoms in total. The van der Waals surface area contributed by atoms with E-state index in [0.717, 1.165) is 64.2 Å². The summed E-state index contributed by atoms with van der Waals surface area (Å²) in [6.45, 7) is 4.91. The zero-order valence-corrected chi connectivity index (χ0v) is 44.2. The van der Waals surface area contributed by atoms with E-state index in [4.69, 9.17) is 4.74 Å². The number of carbonyl (C=O) groups is 2. The van der Waals surface area contributed by atoms with E-state index in [-0.39, 0.29) is 18.5 Å². The molecule has 0 radical (unpaired) electrons. The minimum absolute atomic E-state index is 0.00957. The molecule has 0 aromatic heterocycles. The first-order valence-electron chi connectivity index (χ1n) is 29.2. The van der Waals surface area contributed by atoms with Crippen LogP contribution in [0.2, 0.25) is 0 Å². The number of carbonyl (C=O) groups excluding carboxylic acids is 2. The van der Waals surface area contributed by atoms with E-state index in [0.29, 0.717) is 25.9 Å². The molecule has 0 aliphatic rings. The number of aliphatic hydroxyl groups is 2. The molecule has 2 unspecified atom stereocenters. The van der Waals surface area contributed by atoms with E-state index >= 15 is 0 Å². The third-order valence-corrected chi connectivity index (χ3v) is 13.4. The van der Waals surface area contributed by atoms with Gasteiger partial charge in [-0.05, 0) is 83.5 Å². The topological polar surface area (TPSA) is 95.9 Å². The highest BCUT2D eigenvalue weighted by atomic mass is 16.5. The molecular weight excluding hydrogens is 815 g/mol.